The first-order chi connectivity index (χ1) is 8.16. The molecule has 1 nitrogen and oxygen atoms in total. The molecule has 1 N–H and O–H groups in total. The van der Waals surface area contributed by atoms with Gasteiger partial charge in [0.25, 0.3) is 0 Å². The van der Waals surface area contributed by atoms with Crippen molar-refractivity contribution in [1.29, 1.82) is 0 Å². The SMILES string of the molecule is Cc1ccc(CNC(C)C)cc1-c1ccsc1. The summed E-state index contributed by atoms with van der Waals surface area (Å²) in [7, 11) is 0. The molecule has 0 aliphatic heterocycles. The van der Waals surface area contributed by atoms with Crippen LogP contribution in [-0.4, -0.2) is 6.04 Å². The molecule has 1 heterocycles. The quantitative estimate of drug-likeness (QED) is 0.850. The zero-order valence-corrected chi connectivity index (χ0v) is 11.5. The summed E-state index contributed by atoms with van der Waals surface area (Å²) in [5, 5.41) is 7.80. The molecule has 0 atom stereocenters. The number of aryl methyl sites for hydroxylation is 1. The lowest BCUT2D eigenvalue weighted by molar-refractivity contribution is 0.589. The number of thiophene rings is 1. The van der Waals surface area contributed by atoms with Crippen LogP contribution in [0.1, 0.15) is 25.0 Å². The molecule has 17 heavy (non-hydrogen) atoms. The highest BCUT2D eigenvalue weighted by molar-refractivity contribution is 7.08. The van der Waals surface area contributed by atoms with Crippen LogP contribution in [0.15, 0.2) is 35.0 Å². The van der Waals surface area contributed by atoms with E-state index < -0.39 is 0 Å². The number of nitrogens with one attached hydrogen (secondary N) is 1. The average Bonchev–Trinajstić information content (AvgIpc) is 2.81. The van der Waals surface area contributed by atoms with E-state index in [0.29, 0.717) is 6.04 Å². The molecule has 2 rings (SSSR count). The lowest BCUT2D eigenvalue weighted by atomic mass is 10.0. The molecule has 0 aliphatic carbocycles. The summed E-state index contributed by atoms with van der Waals surface area (Å²) in [6.45, 7) is 7.46. The molecular weight excluding hydrogens is 226 g/mol. The second kappa shape index (κ2) is 5.48. The first-order valence-electron chi connectivity index (χ1n) is 6.02. The predicted molar refractivity (Wildman–Crippen MR) is 76.5 cm³/mol. The minimum atomic E-state index is 0.529. The van der Waals surface area contributed by atoms with Crippen LogP contribution in [0.4, 0.5) is 0 Å². The van der Waals surface area contributed by atoms with E-state index in [2.05, 4.69) is 61.1 Å². The number of benzene rings is 1. The molecule has 0 saturated heterocycles. The fourth-order valence-electron chi connectivity index (χ4n) is 1.83. The average molecular weight is 245 g/mol. The second-order valence-corrected chi connectivity index (χ2v) is 5.48. The lowest BCUT2D eigenvalue weighted by Crippen LogP contribution is -2.21. The third kappa shape index (κ3) is 3.18. The molecule has 1 aromatic carbocycles. The van der Waals surface area contributed by atoms with Gasteiger partial charge in [-0.25, -0.2) is 0 Å². The summed E-state index contributed by atoms with van der Waals surface area (Å²) in [5.74, 6) is 0. The molecule has 2 heteroatoms. The Kier molecular flexibility index (Phi) is 3.97. The lowest BCUT2D eigenvalue weighted by Gasteiger charge is -2.11. The van der Waals surface area contributed by atoms with Gasteiger partial charge in [-0.05, 0) is 52.1 Å². The summed E-state index contributed by atoms with van der Waals surface area (Å²) in [4.78, 5) is 0. The van der Waals surface area contributed by atoms with Crippen LogP contribution in [-0.2, 0) is 6.54 Å². The minimum absolute atomic E-state index is 0.529. The Balaban J connectivity index is 2.24. The van der Waals surface area contributed by atoms with Crippen molar-refractivity contribution >= 4 is 11.3 Å². The van der Waals surface area contributed by atoms with Crippen LogP contribution in [0.25, 0.3) is 11.1 Å². The van der Waals surface area contributed by atoms with Crippen LogP contribution in [0.5, 0.6) is 0 Å². The van der Waals surface area contributed by atoms with Crippen molar-refractivity contribution in [3.8, 4) is 11.1 Å². The Labute approximate surface area is 108 Å². The molecule has 0 amide bonds. The predicted octanol–water partition coefficient (Wildman–Crippen LogP) is 4.22. The minimum Gasteiger partial charge on any atom is -0.310 e. The fraction of sp³-hybridized carbons (Fsp3) is 0.333. The van der Waals surface area contributed by atoms with Crippen molar-refractivity contribution in [1.82, 2.24) is 5.32 Å². The van der Waals surface area contributed by atoms with Crippen LogP contribution in [0.3, 0.4) is 0 Å². The third-order valence-corrected chi connectivity index (χ3v) is 3.53. The van der Waals surface area contributed by atoms with E-state index in [1.165, 1.54) is 22.3 Å². The van der Waals surface area contributed by atoms with E-state index in [0.717, 1.165) is 6.54 Å². The van der Waals surface area contributed by atoms with Crippen LogP contribution in [0.2, 0.25) is 0 Å². The van der Waals surface area contributed by atoms with Crippen molar-refractivity contribution in [2.24, 2.45) is 0 Å². The van der Waals surface area contributed by atoms with E-state index in [4.69, 9.17) is 0 Å². The molecule has 0 saturated carbocycles. The van der Waals surface area contributed by atoms with Gasteiger partial charge in [-0.3, -0.25) is 0 Å². The topological polar surface area (TPSA) is 12.0 Å². The number of hydrogen-bond acceptors (Lipinski definition) is 2. The second-order valence-electron chi connectivity index (χ2n) is 4.70. The van der Waals surface area contributed by atoms with Gasteiger partial charge in [0.2, 0.25) is 0 Å². The Bertz CT molecular complexity index is 472. The maximum Gasteiger partial charge on any atom is 0.0208 e. The van der Waals surface area contributed by atoms with Crippen molar-refractivity contribution in [2.75, 3.05) is 0 Å². The Morgan fingerprint density at radius 3 is 2.71 bits per heavy atom. The highest BCUT2D eigenvalue weighted by Gasteiger charge is 2.04. The van der Waals surface area contributed by atoms with Crippen molar-refractivity contribution < 1.29 is 0 Å². The van der Waals surface area contributed by atoms with Gasteiger partial charge >= 0.3 is 0 Å². The molecule has 0 radical (unpaired) electrons. The maximum absolute atomic E-state index is 3.46. The van der Waals surface area contributed by atoms with E-state index in [9.17, 15) is 0 Å². The highest BCUT2D eigenvalue weighted by Crippen LogP contribution is 2.26. The number of rotatable bonds is 4. The van der Waals surface area contributed by atoms with E-state index in [-0.39, 0.29) is 0 Å². The van der Waals surface area contributed by atoms with Gasteiger partial charge in [0.05, 0.1) is 0 Å². The first kappa shape index (κ1) is 12.3. The zero-order chi connectivity index (χ0) is 12.3. The summed E-state index contributed by atoms with van der Waals surface area (Å²) in [5.41, 5.74) is 5.38. The van der Waals surface area contributed by atoms with Gasteiger partial charge in [-0.1, -0.05) is 26.0 Å². The molecule has 2 aromatic rings. The smallest absolute Gasteiger partial charge is 0.0208 e. The van der Waals surface area contributed by atoms with Gasteiger partial charge in [0, 0.05) is 12.6 Å². The van der Waals surface area contributed by atoms with Crippen molar-refractivity contribution in [2.45, 2.75) is 33.4 Å². The molecule has 1 aromatic heterocycles. The monoisotopic (exact) mass is 245 g/mol. The zero-order valence-electron chi connectivity index (χ0n) is 10.7. The van der Waals surface area contributed by atoms with E-state index >= 15 is 0 Å². The van der Waals surface area contributed by atoms with Gasteiger partial charge < -0.3 is 5.32 Å². The van der Waals surface area contributed by atoms with Gasteiger partial charge in [0.15, 0.2) is 0 Å². The Morgan fingerprint density at radius 1 is 1.24 bits per heavy atom. The summed E-state index contributed by atoms with van der Waals surface area (Å²) >= 11 is 1.75. The van der Waals surface area contributed by atoms with Crippen molar-refractivity contribution in [3.05, 3.63) is 46.2 Å². The van der Waals surface area contributed by atoms with Gasteiger partial charge in [-0.15, -0.1) is 0 Å². The third-order valence-electron chi connectivity index (χ3n) is 2.85. The Hall–Kier alpha value is -1.12. The summed E-state index contributed by atoms with van der Waals surface area (Å²) in [6.07, 6.45) is 0. The Morgan fingerprint density at radius 2 is 2.06 bits per heavy atom. The molecule has 90 valence electrons. The summed E-state index contributed by atoms with van der Waals surface area (Å²) < 4.78 is 0. The molecule has 0 spiro atoms. The van der Waals surface area contributed by atoms with Crippen molar-refractivity contribution in [3.63, 3.8) is 0 Å². The fourth-order valence-corrected chi connectivity index (χ4v) is 2.49. The van der Waals surface area contributed by atoms with Crippen LogP contribution in [0, 0.1) is 6.92 Å². The van der Waals surface area contributed by atoms with E-state index in [1.807, 2.05) is 0 Å². The van der Waals surface area contributed by atoms with E-state index in [1.54, 1.807) is 11.3 Å². The highest BCUT2D eigenvalue weighted by atomic mass is 32.1. The number of hydrogen-bond donors (Lipinski definition) is 1. The molecule has 0 unspecified atom stereocenters. The molecular formula is C15H19NS. The van der Waals surface area contributed by atoms with Gasteiger partial charge in [0.1, 0.15) is 0 Å². The van der Waals surface area contributed by atoms with Crippen LogP contribution >= 0.6 is 11.3 Å². The standard InChI is InChI=1S/C15H19NS/c1-11(2)16-9-13-5-4-12(3)15(8-13)14-6-7-17-10-14/h4-8,10-11,16H,9H2,1-3H3. The van der Waals surface area contributed by atoms with Crippen LogP contribution < -0.4 is 5.32 Å². The largest absolute Gasteiger partial charge is 0.310 e. The molecule has 0 aliphatic rings. The summed E-state index contributed by atoms with van der Waals surface area (Å²) in [6, 6.07) is 9.44. The van der Waals surface area contributed by atoms with Gasteiger partial charge in [-0.2, -0.15) is 11.3 Å². The normalized spacial score (nSPS) is 11.1. The molecule has 0 fully saturated rings. The molecule has 0 bridgehead atoms. The first-order valence-corrected chi connectivity index (χ1v) is 6.96. The maximum atomic E-state index is 3.46.